The lowest BCUT2D eigenvalue weighted by Crippen LogP contribution is -2.34. The molecule has 0 heteroatoms. The van der Waals surface area contributed by atoms with Gasteiger partial charge in [-0.3, -0.25) is 0 Å². The van der Waals surface area contributed by atoms with E-state index in [1.165, 1.54) is 40.7 Å². The average Bonchev–Trinajstić information content (AvgIpc) is 2.87. The van der Waals surface area contributed by atoms with Crippen LogP contribution in [0.15, 0.2) is 48.0 Å². The first-order chi connectivity index (χ1) is 11.3. The smallest absolute Gasteiger partial charge is 0.00542 e. The van der Waals surface area contributed by atoms with Crippen LogP contribution in [-0.4, -0.2) is 0 Å². The lowest BCUT2D eigenvalue weighted by Gasteiger charge is -2.42. The molecule has 0 fully saturated rings. The van der Waals surface area contributed by atoms with E-state index in [1.54, 1.807) is 11.1 Å². The summed E-state index contributed by atoms with van der Waals surface area (Å²) in [4.78, 5) is 0. The zero-order chi connectivity index (χ0) is 17.1. The van der Waals surface area contributed by atoms with Gasteiger partial charge in [0.25, 0.3) is 0 Å². The normalized spacial score (nSPS) is 20.7. The molecule has 0 heterocycles. The molecule has 0 saturated heterocycles. The third kappa shape index (κ3) is 2.27. The van der Waals surface area contributed by atoms with Crippen molar-refractivity contribution in [3.8, 4) is 0 Å². The highest BCUT2D eigenvalue weighted by Crippen LogP contribution is 2.49. The van der Waals surface area contributed by atoms with Crippen molar-refractivity contribution in [2.24, 2.45) is 0 Å². The lowest BCUT2D eigenvalue weighted by atomic mass is 9.62. The van der Waals surface area contributed by atoms with Crippen molar-refractivity contribution >= 4 is 5.57 Å². The molecule has 0 bridgehead atoms. The maximum atomic E-state index is 2.53. The van der Waals surface area contributed by atoms with Crippen molar-refractivity contribution in [3.63, 3.8) is 0 Å². The third-order valence-electron chi connectivity index (χ3n) is 6.29. The molecule has 0 aromatic heterocycles. The van der Waals surface area contributed by atoms with E-state index in [9.17, 15) is 0 Å². The highest BCUT2D eigenvalue weighted by Gasteiger charge is 2.38. The molecular formula is C24H28. The Balaban J connectivity index is 1.94. The second-order valence-corrected chi connectivity index (χ2v) is 9.02. The molecule has 0 radical (unpaired) electrons. The summed E-state index contributed by atoms with van der Waals surface area (Å²) in [7, 11) is 0. The predicted molar refractivity (Wildman–Crippen MR) is 104 cm³/mol. The van der Waals surface area contributed by atoms with E-state index in [4.69, 9.17) is 0 Å². The molecule has 0 atom stereocenters. The number of fused-ring (bicyclic) bond motifs is 2. The molecule has 0 unspecified atom stereocenters. The van der Waals surface area contributed by atoms with Crippen molar-refractivity contribution < 1.29 is 0 Å². The quantitative estimate of drug-likeness (QED) is 0.570. The van der Waals surface area contributed by atoms with Crippen molar-refractivity contribution in [1.29, 1.82) is 0 Å². The van der Waals surface area contributed by atoms with Crippen LogP contribution >= 0.6 is 0 Å². The summed E-state index contributed by atoms with van der Waals surface area (Å²) in [6.45, 7) is 12.0. The molecule has 0 amide bonds. The van der Waals surface area contributed by atoms with Gasteiger partial charge in [-0.2, -0.15) is 0 Å². The van der Waals surface area contributed by atoms with Crippen LogP contribution in [0.4, 0.5) is 0 Å². The average molecular weight is 316 g/mol. The molecule has 2 aliphatic carbocycles. The Morgan fingerprint density at radius 2 is 1.38 bits per heavy atom. The third-order valence-corrected chi connectivity index (χ3v) is 6.29. The Labute approximate surface area is 146 Å². The topological polar surface area (TPSA) is 0 Å². The Hall–Kier alpha value is -1.82. The first-order valence-corrected chi connectivity index (χ1v) is 9.23. The summed E-state index contributed by atoms with van der Waals surface area (Å²) in [6.07, 6.45) is 3.66. The van der Waals surface area contributed by atoms with Gasteiger partial charge in [-0.1, -0.05) is 75.7 Å². The zero-order valence-corrected chi connectivity index (χ0v) is 15.7. The van der Waals surface area contributed by atoms with E-state index >= 15 is 0 Å². The van der Waals surface area contributed by atoms with Gasteiger partial charge in [-0.05, 0) is 70.4 Å². The van der Waals surface area contributed by atoms with Crippen LogP contribution in [0.1, 0.15) is 75.3 Å². The summed E-state index contributed by atoms with van der Waals surface area (Å²) in [5.74, 6) is 0. The van der Waals surface area contributed by atoms with E-state index in [1.807, 2.05) is 0 Å². The van der Waals surface area contributed by atoms with Gasteiger partial charge < -0.3 is 0 Å². The van der Waals surface area contributed by atoms with Gasteiger partial charge >= 0.3 is 0 Å². The summed E-state index contributed by atoms with van der Waals surface area (Å²) >= 11 is 0. The molecule has 0 N–H and O–H groups in total. The maximum Gasteiger partial charge on any atom is -0.00542 e. The van der Waals surface area contributed by atoms with E-state index in [2.05, 4.69) is 77.1 Å². The maximum absolute atomic E-state index is 2.53. The second kappa shape index (κ2) is 5.09. The fraction of sp³-hybridized carbons (Fsp3) is 0.417. The molecule has 2 aromatic carbocycles. The fourth-order valence-corrected chi connectivity index (χ4v) is 4.65. The Morgan fingerprint density at radius 3 is 2.00 bits per heavy atom. The van der Waals surface area contributed by atoms with Gasteiger partial charge in [0.05, 0.1) is 0 Å². The Bertz CT molecular complexity index is 832. The monoisotopic (exact) mass is 316 g/mol. The number of hydrogen-bond acceptors (Lipinski definition) is 0. The molecule has 2 aromatic rings. The van der Waals surface area contributed by atoms with Crippen LogP contribution in [0.3, 0.4) is 0 Å². The van der Waals surface area contributed by atoms with Crippen LogP contribution < -0.4 is 0 Å². The van der Waals surface area contributed by atoms with Gasteiger partial charge in [0.15, 0.2) is 0 Å². The van der Waals surface area contributed by atoms with Crippen LogP contribution in [0.25, 0.3) is 5.57 Å². The van der Waals surface area contributed by atoms with Gasteiger partial charge in [-0.25, -0.2) is 0 Å². The van der Waals surface area contributed by atoms with Crippen molar-refractivity contribution in [1.82, 2.24) is 0 Å². The minimum Gasteiger partial charge on any atom is -0.0622 e. The molecular weight excluding hydrogens is 288 g/mol. The standard InChI is InChI=1S/C24H28/c1-16-13-18-14-20-21(24(4,5)12-11-23(20,2)3)15-19(18)22(16)17-9-7-6-8-10-17/h6-10,14-15H,11-13H2,1-5H3. The minimum absolute atomic E-state index is 0.276. The summed E-state index contributed by atoms with van der Waals surface area (Å²) in [5.41, 5.74) is 11.1. The zero-order valence-electron chi connectivity index (χ0n) is 15.7. The van der Waals surface area contributed by atoms with Crippen LogP contribution in [-0.2, 0) is 17.3 Å². The molecule has 4 rings (SSSR count). The SMILES string of the molecule is CC1=C(c2ccccc2)c2cc3c(cc2C1)C(C)(C)CCC3(C)C. The van der Waals surface area contributed by atoms with Crippen LogP contribution in [0, 0.1) is 0 Å². The number of rotatable bonds is 1. The highest BCUT2D eigenvalue weighted by molar-refractivity contribution is 5.87. The van der Waals surface area contributed by atoms with Crippen molar-refractivity contribution in [3.05, 3.63) is 75.9 Å². The van der Waals surface area contributed by atoms with E-state index in [0.717, 1.165) is 6.42 Å². The predicted octanol–water partition coefficient (Wildman–Crippen LogP) is 6.41. The number of benzene rings is 2. The van der Waals surface area contributed by atoms with Crippen LogP contribution in [0.2, 0.25) is 0 Å². The summed E-state index contributed by atoms with van der Waals surface area (Å²) in [5, 5.41) is 0. The van der Waals surface area contributed by atoms with Gasteiger partial charge in [-0.15, -0.1) is 0 Å². The Morgan fingerprint density at radius 1 is 0.792 bits per heavy atom. The first kappa shape index (κ1) is 15.7. The van der Waals surface area contributed by atoms with Crippen LogP contribution in [0.5, 0.6) is 0 Å². The largest absolute Gasteiger partial charge is 0.0622 e. The first-order valence-electron chi connectivity index (χ1n) is 9.23. The molecule has 124 valence electrons. The number of allylic oxidation sites excluding steroid dienone is 1. The number of hydrogen-bond donors (Lipinski definition) is 0. The lowest BCUT2D eigenvalue weighted by molar-refractivity contribution is 0.331. The van der Waals surface area contributed by atoms with Gasteiger partial charge in [0, 0.05) is 0 Å². The van der Waals surface area contributed by atoms with Crippen molar-refractivity contribution in [2.45, 2.75) is 64.7 Å². The molecule has 0 saturated carbocycles. The molecule has 0 aliphatic heterocycles. The fourth-order valence-electron chi connectivity index (χ4n) is 4.65. The second-order valence-electron chi connectivity index (χ2n) is 9.02. The van der Waals surface area contributed by atoms with E-state index < -0.39 is 0 Å². The molecule has 24 heavy (non-hydrogen) atoms. The van der Waals surface area contributed by atoms with Crippen molar-refractivity contribution in [2.75, 3.05) is 0 Å². The van der Waals surface area contributed by atoms with E-state index in [-0.39, 0.29) is 5.41 Å². The Kier molecular flexibility index (Phi) is 3.33. The highest BCUT2D eigenvalue weighted by atomic mass is 14.4. The van der Waals surface area contributed by atoms with Gasteiger partial charge in [0.2, 0.25) is 0 Å². The molecule has 0 nitrogen and oxygen atoms in total. The molecule has 0 spiro atoms. The minimum atomic E-state index is 0.276. The van der Waals surface area contributed by atoms with Gasteiger partial charge in [0.1, 0.15) is 0 Å². The summed E-state index contributed by atoms with van der Waals surface area (Å²) < 4.78 is 0. The molecule has 2 aliphatic rings. The van der Waals surface area contributed by atoms with E-state index in [0.29, 0.717) is 5.41 Å². The summed E-state index contributed by atoms with van der Waals surface area (Å²) in [6, 6.07) is 16.0.